The van der Waals surface area contributed by atoms with Crippen molar-refractivity contribution in [2.45, 2.75) is 32.5 Å². The van der Waals surface area contributed by atoms with Crippen molar-refractivity contribution in [3.05, 3.63) is 17.5 Å². The van der Waals surface area contributed by atoms with Crippen LogP contribution in [-0.2, 0) is 16.1 Å². The van der Waals surface area contributed by atoms with Crippen molar-refractivity contribution in [2.75, 3.05) is 18.8 Å². The maximum absolute atomic E-state index is 11.9. The highest BCUT2D eigenvalue weighted by molar-refractivity contribution is 7.99. The van der Waals surface area contributed by atoms with Crippen LogP contribution in [0.15, 0.2) is 22.7 Å². The fraction of sp³-hybridized carbons (Fsp3) is 0.500. The maximum Gasteiger partial charge on any atom is 0.230 e. The van der Waals surface area contributed by atoms with Gasteiger partial charge in [0.05, 0.1) is 10.6 Å². The molecule has 7 nitrogen and oxygen atoms in total. The van der Waals surface area contributed by atoms with Gasteiger partial charge in [-0.3, -0.25) is 9.59 Å². The molecule has 25 heavy (non-hydrogen) atoms. The molecule has 136 valence electrons. The number of nitrogens with one attached hydrogen (secondary N) is 2. The zero-order valence-electron chi connectivity index (χ0n) is 14.6. The third-order valence-corrected chi connectivity index (χ3v) is 5.21. The van der Waals surface area contributed by atoms with Crippen LogP contribution in [0.25, 0.3) is 10.7 Å². The third kappa shape index (κ3) is 5.57. The molecule has 9 heteroatoms. The fourth-order valence-electron chi connectivity index (χ4n) is 2.04. The summed E-state index contributed by atoms with van der Waals surface area (Å²) in [5, 5.41) is 16.7. The van der Waals surface area contributed by atoms with Crippen LogP contribution in [-0.4, -0.2) is 45.4 Å². The second-order valence-corrected chi connectivity index (χ2v) is 7.50. The first-order valence-electron chi connectivity index (χ1n) is 8.17. The van der Waals surface area contributed by atoms with Crippen molar-refractivity contribution in [3.8, 4) is 10.7 Å². The Kier molecular flexibility index (Phi) is 7.45. The number of thiophene rings is 1. The SMILES string of the molecule is CCn1c(SCC(=O)NCCNC(=O)C(C)C)nnc1-c1cccs1. The van der Waals surface area contributed by atoms with E-state index >= 15 is 0 Å². The molecule has 2 rings (SSSR count). The van der Waals surface area contributed by atoms with Gasteiger partial charge in [0, 0.05) is 25.6 Å². The Bertz CT molecular complexity index is 697. The minimum absolute atomic E-state index is 0.0132. The van der Waals surface area contributed by atoms with E-state index in [-0.39, 0.29) is 23.5 Å². The van der Waals surface area contributed by atoms with Crippen LogP contribution in [0.5, 0.6) is 0 Å². The monoisotopic (exact) mass is 381 g/mol. The summed E-state index contributed by atoms with van der Waals surface area (Å²) in [6.07, 6.45) is 0. The second kappa shape index (κ2) is 9.57. The summed E-state index contributed by atoms with van der Waals surface area (Å²) < 4.78 is 2.01. The molecular formula is C16H23N5O2S2. The molecule has 0 atom stereocenters. The highest BCUT2D eigenvalue weighted by Crippen LogP contribution is 2.26. The summed E-state index contributed by atoms with van der Waals surface area (Å²) in [7, 11) is 0. The normalized spacial score (nSPS) is 10.9. The number of nitrogens with zero attached hydrogens (tertiary/aromatic N) is 3. The molecule has 0 aromatic carbocycles. The van der Waals surface area contributed by atoms with E-state index in [4.69, 9.17) is 0 Å². The van der Waals surface area contributed by atoms with Crippen LogP contribution in [0.4, 0.5) is 0 Å². The average Bonchev–Trinajstić information content (AvgIpc) is 3.24. The first-order valence-corrected chi connectivity index (χ1v) is 10.0. The highest BCUT2D eigenvalue weighted by Gasteiger charge is 2.15. The number of hydrogen-bond donors (Lipinski definition) is 2. The quantitative estimate of drug-likeness (QED) is 0.512. The van der Waals surface area contributed by atoms with Crippen molar-refractivity contribution in [2.24, 2.45) is 5.92 Å². The van der Waals surface area contributed by atoms with Crippen molar-refractivity contribution < 1.29 is 9.59 Å². The number of amides is 2. The predicted octanol–water partition coefficient (Wildman–Crippen LogP) is 2.01. The van der Waals surface area contributed by atoms with Crippen LogP contribution in [0.3, 0.4) is 0 Å². The number of carbonyl (C=O) groups excluding carboxylic acids is 2. The molecule has 2 N–H and O–H groups in total. The molecule has 0 aliphatic rings. The lowest BCUT2D eigenvalue weighted by Crippen LogP contribution is -2.37. The first kappa shape index (κ1) is 19.5. The standard InChI is InChI=1S/C16H23N5O2S2/c1-4-21-14(12-6-5-9-24-12)19-20-16(21)25-10-13(22)17-7-8-18-15(23)11(2)3/h5-6,9,11H,4,7-8,10H2,1-3H3,(H,17,22)(H,18,23). The molecule has 0 aliphatic heterocycles. The van der Waals surface area contributed by atoms with Crippen molar-refractivity contribution in [1.82, 2.24) is 25.4 Å². The maximum atomic E-state index is 11.9. The Morgan fingerprint density at radius 3 is 2.68 bits per heavy atom. The zero-order valence-corrected chi connectivity index (χ0v) is 16.2. The van der Waals surface area contributed by atoms with E-state index in [1.807, 2.05) is 42.9 Å². The van der Waals surface area contributed by atoms with E-state index in [9.17, 15) is 9.59 Å². The van der Waals surface area contributed by atoms with E-state index in [0.717, 1.165) is 22.4 Å². The number of hydrogen-bond acceptors (Lipinski definition) is 6. The van der Waals surface area contributed by atoms with Crippen molar-refractivity contribution in [3.63, 3.8) is 0 Å². The molecule has 2 aromatic rings. The summed E-state index contributed by atoms with van der Waals surface area (Å²) in [6.45, 7) is 7.28. The second-order valence-electron chi connectivity index (χ2n) is 5.61. The number of thioether (sulfide) groups is 1. The molecule has 0 saturated carbocycles. The van der Waals surface area contributed by atoms with Gasteiger partial charge in [-0.2, -0.15) is 0 Å². The minimum atomic E-state index is -0.0906. The van der Waals surface area contributed by atoms with Gasteiger partial charge >= 0.3 is 0 Å². The van der Waals surface area contributed by atoms with Gasteiger partial charge in [0.2, 0.25) is 11.8 Å². The van der Waals surface area contributed by atoms with Gasteiger partial charge in [-0.25, -0.2) is 0 Å². The lowest BCUT2D eigenvalue weighted by molar-refractivity contribution is -0.124. The van der Waals surface area contributed by atoms with Crippen LogP contribution in [0.2, 0.25) is 0 Å². The van der Waals surface area contributed by atoms with Crippen LogP contribution in [0.1, 0.15) is 20.8 Å². The number of rotatable bonds is 9. The summed E-state index contributed by atoms with van der Waals surface area (Å²) in [5.74, 6) is 0.940. The largest absolute Gasteiger partial charge is 0.354 e. The average molecular weight is 382 g/mol. The molecule has 0 fully saturated rings. The molecule has 0 unspecified atom stereocenters. The Balaban J connectivity index is 1.79. The topological polar surface area (TPSA) is 88.9 Å². The van der Waals surface area contributed by atoms with E-state index in [1.54, 1.807) is 11.3 Å². The Hall–Kier alpha value is -1.87. The molecule has 0 aliphatic carbocycles. The van der Waals surface area contributed by atoms with Crippen LogP contribution >= 0.6 is 23.1 Å². The van der Waals surface area contributed by atoms with E-state index in [1.165, 1.54) is 11.8 Å². The molecule has 2 aromatic heterocycles. The molecule has 0 bridgehead atoms. The Morgan fingerprint density at radius 1 is 1.28 bits per heavy atom. The van der Waals surface area contributed by atoms with Crippen molar-refractivity contribution in [1.29, 1.82) is 0 Å². The van der Waals surface area contributed by atoms with E-state index < -0.39 is 0 Å². The number of aromatic nitrogens is 3. The summed E-state index contributed by atoms with van der Waals surface area (Å²) in [6, 6.07) is 3.99. The molecule has 0 radical (unpaired) electrons. The zero-order chi connectivity index (χ0) is 18.2. The summed E-state index contributed by atoms with van der Waals surface area (Å²) in [4.78, 5) is 24.4. The van der Waals surface area contributed by atoms with Gasteiger partial charge in [0.1, 0.15) is 0 Å². The van der Waals surface area contributed by atoms with Crippen LogP contribution < -0.4 is 10.6 Å². The van der Waals surface area contributed by atoms with Gasteiger partial charge in [-0.1, -0.05) is 31.7 Å². The van der Waals surface area contributed by atoms with Crippen molar-refractivity contribution >= 4 is 34.9 Å². The van der Waals surface area contributed by atoms with Crippen LogP contribution in [0, 0.1) is 5.92 Å². The molecule has 0 spiro atoms. The summed E-state index contributed by atoms with van der Waals surface area (Å²) in [5.41, 5.74) is 0. The van der Waals surface area contributed by atoms with Gasteiger partial charge < -0.3 is 15.2 Å². The third-order valence-electron chi connectivity index (χ3n) is 3.38. The smallest absolute Gasteiger partial charge is 0.230 e. The van der Waals surface area contributed by atoms with Gasteiger partial charge in [-0.05, 0) is 18.4 Å². The van der Waals surface area contributed by atoms with Gasteiger partial charge in [-0.15, -0.1) is 21.5 Å². The molecule has 2 heterocycles. The fourth-order valence-corrected chi connectivity index (χ4v) is 3.59. The lowest BCUT2D eigenvalue weighted by Gasteiger charge is -2.09. The first-order chi connectivity index (χ1) is 12.0. The van der Waals surface area contributed by atoms with Gasteiger partial charge in [0.25, 0.3) is 0 Å². The predicted molar refractivity (Wildman–Crippen MR) is 101 cm³/mol. The van der Waals surface area contributed by atoms with E-state index in [2.05, 4.69) is 20.8 Å². The van der Waals surface area contributed by atoms with Gasteiger partial charge in [0.15, 0.2) is 11.0 Å². The Labute approximate surface area is 155 Å². The molecular weight excluding hydrogens is 358 g/mol. The summed E-state index contributed by atoms with van der Waals surface area (Å²) >= 11 is 2.98. The number of carbonyl (C=O) groups is 2. The van der Waals surface area contributed by atoms with E-state index in [0.29, 0.717) is 13.1 Å². The molecule has 2 amide bonds. The Morgan fingerprint density at radius 2 is 2.04 bits per heavy atom. The molecule has 0 saturated heterocycles. The minimum Gasteiger partial charge on any atom is -0.354 e. The highest BCUT2D eigenvalue weighted by atomic mass is 32.2. The lowest BCUT2D eigenvalue weighted by atomic mass is 10.2.